The average molecular weight is 458 g/mol. The van der Waals surface area contributed by atoms with E-state index in [9.17, 15) is 14.4 Å². The molecule has 3 atom stereocenters. The van der Waals surface area contributed by atoms with Crippen molar-refractivity contribution in [1.82, 2.24) is 5.32 Å². The summed E-state index contributed by atoms with van der Waals surface area (Å²) in [6.45, 7) is 9.38. The van der Waals surface area contributed by atoms with E-state index < -0.39 is 35.6 Å². The molecule has 0 spiro atoms. The Balaban J connectivity index is 1.87. The van der Waals surface area contributed by atoms with E-state index >= 15 is 0 Å². The molecule has 1 amide bonds. The molecule has 0 bridgehead atoms. The van der Waals surface area contributed by atoms with Crippen molar-refractivity contribution in [3.8, 4) is 5.75 Å². The molecule has 33 heavy (non-hydrogen) atoms. The Hall–Kier alpha value is -3.13. The van der Waals surface area contributed by atoms with Gasteiger partial charge >= 0.3 is 11.9 Å². The molecule has 8 heteroatoms. The second kappa shape index (κ2) is 9.79. The number of rotatable bonds is 9. The zero-order valence-electron chi connectivity index (χ0n) is 19.9. The molecule has 178 valence electrons. The van der Waals surface area contributed by atoms with Crippen molar-refractivity contribution in [1.29, 1.82) is 0 Å². The van der Waals surface area contributed by atoms with Crippen LogP contribution in [0.5, 0.6) is 5.75 Å². The van der Waals surface area contributed by atoms with E-state index in [2.05, 4.69) is 5.32 Å². The highest BCUT2D eigenvalue weighted by Crippen LogP contribution is 2.34. The third-order valence-electron chi connectivity index (χ3n) is 5.78. The monoisotopic (exact) mass is 457 g/mol. The van der Waals surface area contributed by atoms with Gasteiger partial charge in [0.25, 0.3) is 5.91 Å². The van der Waals surface area contributed by atoms with Crippen LogP contribution in [-0.2, 0) is 23.8 Å². The van der Waals surface area contributed by atoms with Crippen molar-refractivity contribution in [3.63, 3.8) is 0 Å². The molecule has 1 fully saturated rings. The van der Waals surface area contributed by atoms with Crippen molar-refractivity contribution >= 4 is 28.6 Å². The molecule has 2 aromatic rings. The molecule has 1 N–H and O–H groups in total. The number of carbonyl (C=O) groups excluding carboxylic acids is 3. The second-order valence-electron chi connectivity index (χ2n) is 8.71. The number of ether oxygens (including phenoxy) is 4. The SMILES string of the molecule is CCOC(=O)[C@@H](NC(=O)[C@@H](OC(=O)c1ccc(C)c2cc(OC)ccc12)[C@]1(C)CO1)C(C)C. The summed E-state index contributed by atoms with van der Waals surface area (Å²) in [5.74, 6) is -1.34. The Kier molecular flexibility index (Phi) is 7.27. The Bertz CT molecular complexity index is 1060. The van der Waals surface area contributed by atoms with Crippen LogP contribution in [0.3, 0.4) is 0 Å². The molecule has 3 rings (SSSR count). The molecule has 1 aliphatic rings. The van der Waals surface area contributed by atoms with Crippen LogP contribution in [-0.4, -0.2) is 55.9 Å². The van der Waals surface area contributed by atoms with Gasteiger partial charge in [0, 0.05) is 0 Å². The summed E-state index contributed by atoms with van der Waals surface area (Å²) in [4.78, 5) is 38.6. The van der Waals surface area contributed by atoms with Gasteiger partial charge in [0.2, 0.25) is 6.10 Å². The lowest BCUT2D eigenvalue weighted by Crippen LogP contribution is -2.53. The van der Waals surface area contributed by atoms with E-state index in [0.29, 0.717) is 16.7 Å². The zero-order chi connectivity index (χ0) is 24.3. The first-order chi connectivity index (χ1) is 15.6. The quantitative estimate of drug-likeness (QED) is 0.456. The molecular formula is C25H31NO7. The number of esters is 2. The van der Waals surface area contributed by atoms with Crippen molar-refractivity contribution < 1.29 is 33.3 Å². The Morgan fingerprint density at radius 1 is 1.15 bits per heavy atom. The molecular weight excluding hydrogens is 426 g/mol. The predicted octanol–water partition coefficient (Wildman–Crippen LogP) is 3.18. The summed E-state index contributed by atoms with van der Waals surface area (Å²) < 4.78 is 21.5. The minimum absolute atomic E-state index is 0.197. The minimum Gasteiger partial charge on any atom is -0.497 e. The molecule has 0 aromatic heterocycles. The van der Waals surface area contributed by atoms with E-state index in [4.69, 9.17) is 18.9 Å². The van der Waals surface area contributed by atoms with Crippen LogP contribution < -0.4 is 10.1 Å². The first kappa shape index (κ1) is 24.5. The van der Waals surface area contributed by atoms with E-state index in [-0.39, 0.29) is 19.1 Å². The van der Waals surface area contributed by atoms with Crippen LogP contribution in [0.15, 0.2) is 30.3 Å². The summed E-state index contributed by atoms with van der Waals surface area (Å²) in [6.07, 6.45) is -1.23. The van der Waals surface area contributed by atoms with E-state index in [1.807, 2.05) is 19.1 Å². The highest BCUT2D eigenvalue weighted by molar-refractivity contribution is 6.06. The zero-order valence-corrected chi connectivity index (χ0v) is 19.9. The van der Waals surface area contributed by atoms with Crippen LogP contribution >= 0.6 is 0 Å². The number of benzene rings is 2. The molecule has 0 unspecified atom stereocenters. The lowest BCUT2D eigenvalue weighted by molar-refractivity contribution is -0.150. The van der Waals surface area contributed by atoms with Gasteiger partial charge in [-0.05, 0) is 67.3 Å². The lowest BCUT2D eigenvalue weighted by atomic mass is 9.99. The molecule has 1 heterocycles. The van der Waals surface area contributed by atoms with E-state index in [1.54, 1.807) is 53.0 Å². The first-order valence-electron chi connectivity index (χ1n) is 11.0. The molecule has 0 radical (unpaired) electrons. The standard InChI is InChI=1S/C25H31NO7/c1-7-31-24(29)20(14(2)3)26-22(27)21(25(5)13-32-25)33-23(28)18-10-8-15(4)19-12-16(30-6)9-11-17(18)19/h8-12,14,20-21H,7,13H2,1-6H3,(H,26,27)/t20-,21+,25-/m0/s1. The Labute approximate surface area is 193 Å². The lowest BCUT2D eigenvalue weighted by Gasteiger charge is -2.26. The molecule has 0 saturated carbocycles. The number of hydrogen-bond acceptors (Lipinski definition) is 7. The van der Waals surface area contributed by atoms with Crippen LogP contribution in [0.4, 0.5) is 0 Å². The number of carbonyl (C=O) groups is 3. The summed E-state index contributed by atoms with van der Waals surface area (Å²) in [5, 5.41) is 4.21. The largest absolute Gasteiger partial charge is 0.497 e. The molecule has 1 aliphatic heterocycles. The maximum absolute atomic E-state index is 13.2. The van der Waals surface area contributed by atoms with Gasteiger partial charge in [0.1, 0.15) is 17.4 Å². The third-order valence-corrected chi connectivity index (χ3v) is 5.78. The molecule has 1 saturated heterocycles. The number of nitrogens with one attached hydrogen (secondary N) is 1. The normalized spacial score (nSPS) is 19.0. The third kappa shape index (κ3) is 5.27. The van der Waals surface area contributed by atoms with Gasteiger partial charge < -0.3 is 24.3 Å². The summed E-state index contributed by atoms with van der Waals surface area (Å²) in [6, 6.07) is 8.03. The van der Waals surface area contributed by atoms with Gasteiger partial charge in [0.15, 0.2) is 0 Å². The van der Waals surface area contributed by atoms with Gasteiger partial charge in [-0.3, -0.25) is 4.79 Å². The summed E-state index contributed by atoms with van der Waals surface area (Å²) in [7, 11) is 1.58. The smallest absolute Gasteiger partial charge is 0.339 e. The first-order valence-corrected chi connectivity index (χ1v) is 11.0. The number of epoxide rings is 1. The highest BCUT2D eigenvalue weighted by Gasteiger charge is 2.54. The van der Waals surface area contributed by atoms with E-state index in [1.165, 1.54) is 0 Å². The highest BCUT2D eigenvalue weighted by atomic mass is 16.6. The maximum Gasteiger partial charge on any atom is 0.339 e. The number of fused-ring (bicyclic) bond motifs is 1. The minimum atomic E-state index is -1.23. The number of amides is 1. The molecule has 2 aromatic carbocycles. The van der Waals surface area contributed by atoms with Gasteiger partial charge in [-0.25, -0.2) is 9.59 Å². The number of hydrogen-bond donors (Lipinski definition) is 1. The maximum atomic E-state index is 13.2. The van der Waals surface area contributed by atoms with Crippen LogP contribution in [0.1, 0.15) is 43.6 Å². The van der Waals surface area contributed by atoms with Gasteiger partial charge in [-0.15, -0.1) is 0 Å². The van der Waals surface area contributed by atoms with Crippen molar-refractivity contribution in [2.45, 2.75) is 52.4 Å². The van der Waals surface area contributed by atoms with Gasteiger partial charge in [-0.1, -0.05) is 19.9 Å². The predicted molar refractivity (Wildman–Crippen MR) is 122 cm³/mol. The Morgan fingerprint density at radius 2 is 1.85 bits per heavy atom. The Morgan fingerprint density at radius 3 is 2.42 bits per heavy atom. The molecule has 8 nitrogen and oxygen atoms in total. The average Bonchev–Trinajstić information content (AvgIpc) is 3.53. The number of aryl methyl sites for hydroxylation is 1. The van der Waals surface area contributed by atoms with Gasteiger partial charge in [0.05, 0.1) is 25.9 Å². The summed E-state index contributed by atoms with van der Waals surface area (Å²) >= 11 is 0. The fourth-order valence-corrected chi connectivity index (χ4v) is 3.63. The summed E-state index contributed by atoms with van der Waals surface area (Å²) in [5.41, 5.74) is 0.340. The second-order valence-corrected chi connectivity index (χ2v) is 8.71. The topological polar surface area (TPSA) is 103 Å². The fourth-order valence-electron chi connectivity index (χ4n) is 3.63. The molecule has 0 aliphatic carbocycles. The van der Waals surface area contributed by atoms with Gasteiger partial charge in [-0.2, -0.15) is 0 Å². The van der Waals surface area contributed by atoms with Crippen LogP contribution in [0.2, 0.25) is 0 Å². The van der Waals surface area contributed by atoms with Crippen molar-refractivity contribution in [2.75, 3.05) is 20.3 Å². The van der Waals surface area contributed by atoms with E-state index in [0.717, 1.165) is 10.9 Å². The van der Waals surface area contributed by atoms with Crippen LogP contribution in [0, 0.1) is 12.8 Å². The van der Waals surface area contributed by atoms with Crippen molar-refractivity contribution in [2.24, 2.45) is 5.92 Å². The number of methoxy groups -OCH3 is 1. The van der Waals surface area contributed by atoms with Crippen molar-refractivity contribution in [3.05, 3.63) is 41.5 Å². The van der Waals surface area contributed by atoms with Crippen LogP contribution in [0.25, 0.3) is 10.8 Å². The fraction of sp³-hybridized carbons (Fsp3) is 0.480.